The van der Waals surface area contributed by atoms with Gasteiger partial charge in [-0.25, -0.2) is 0 Å². The molecule has 0 bridgehead atoms. The molecule has 0 spiro atoms. The molecule has 1 heterocycles. The summed E-state index contributed by atoms with van der Waals surface area (Å²) >= 11 is 7.31. The lowest BCUT2D eigenvalue weighted by molar-refractivity contribution is -0.113. The van der Waals surface area contributed by atoms with E-state index in [1.54, 1.807) is 26.4 Å². The number of aryl methyl sites for hydroxylation is 1. The molecule has 0 fully saturated rings. The van der Waals surface area contributed by atoms with Crippen molar-refractivity contribution in [3.8, 4) is 28.6 Å². The van der Waals surface area contributed by atoms with Crippen LogP contribution in [0, 0.1) is 6.92 Å². The minimum atomic E-state index is -0.154. The number of aromatic nitrogens is 3. The molecule has 3 aromatic carbocycles. The maximum Gasteiger partial charge on any atom is 0.234 e. The molecule has 0 saturated carbocycles. The number of thioether (sulfide) groups is 1. The molecule has 1 N–H and O–H groups in total. The summed E-state index contributed by atoms with van der Waals surface area (Å²) in [6.45, 7) is 1.90. The third-order valence-electron chi connectivity index (χ3n) is 5.11. The lowest BCUT2D eigenvalue weighted by Crippen LogP contribution is -2.15. The molecule has 1 amide bonds. The minimum Gasteiger partial charge on any atom is -0.497 e. The van der Waals surface area contributed by atoms with E-state index in [1.807, 2.05) is 66.1 Å². The highest BCUT2D eigenvalue weighted by Gasteiger charge is 2.20. The van der Waals surface area contributed by atoms with Gasteiger partial charge in [-0.05, 0) is 67.1 Å². The largest absolute Gasteiger partial charge is 0.497 e. The maximum atomic E-state index is 12.7. The minimum absolute atomic E-state index is 0.154. The number of amides is 1. The number of nitrogens with one attached hydrogen (secondary N) is 1. The zero-order valence-electron chi connectivity index (χ0n) is 18.9. The van der Waals surface area contributed by atoms with Crippen molar-refractivity contribution in [1.29, 1.82) is 0 Å². The van der Waals surface area contributed by atoms with Gasteiger partial charge in [0, 0.05) is 10.7 Å². The number of para-hydroxylation sites is 1. The van der Waals surface area contributed by atoms with E-state index in [9.17, 15) is 4.79 Å². The summed E-state index contributed by atoms with van der Waals surface area (Å²) in [5.41, 5.74) is 3.25. The number of carbonyl (C=O) groups excluding carboxylic acids is 1. The van der Waals surface area contributed by atoms with Crippen molar-refractivity contribution in [2.75, 3.05) is 25.3 Å². The highest BCUT2D eigenvalue weighted by Crippen LogP contribution is 2.33. The van der Waals surface area contributed by atoms with Crippen LogP contribution in [-0.4, -0.2) is 40.6 Å². The molecule has 0 radical (unpaired) electrons. The van der Waals surface area contributed by atoms with Crippen LogP contribution in [0.2, 0.25) is 5.02 Å². The molecule has 0 aliphatic rings. The quantitative estimate of drug-likeness (QED) is 0.319. The van der Waals surface area contributed by atoms with Crippen LogP contribution in [-0.2, 0) is 4.79 Å². The Balaban J connectivity index is 1.64. The van der Waals surface area contributed by atoms with Crippen molar-refractivity contribution < 1.29 is 14.3 Å². The summed E-state index contributed by atoms with van der Waals surface area (Å²) in [5, 5.41) is 13.0. The van der Waals surface area contributed by atoms with Gasteiger partial charge >= 0.3 is 0 Å². The smallest absolute Gasteiger partial charge is 0.234 e. The second kappa shape index (κ2) is 10.6. The second-order valence-electron chi connectivity index (χ2n) is 7.34. The molecular weight excluding hydrogens is 472 g/mol. The number of methoxy groups -OCH3 is 2. The van der Waals surface area contributed by atoms with Gasteiger partial charge < -0.3 is 14.8 Å². The van der Waals surface area contributed by atoms with E-state index in [0.29, 0.717) is 21.8 Å². The first-order chi connectivity index (χ1) is 16.5. The van der Waals surface area contributed by atoms with E-state index in [0.717, 1.165) is 28.3 Å². The van der Waals surface area contributed by atoms with Gasteiger partial charge in [0.05, 0.1) is 31.2 Å². The number of ether oxygens (including phenoxy) is 2. The van der Waals surface area contributed by atoms with Gasteiger partial charge in [-0.3, -0.25) is 9.36 Å². The predicted octanol–water partition coefficient (Wildman–Crippen LogP) is 5.64. The first kappa shape index (κ1) is 23.7. The number of benzene rings is 3. The first-order valence-corrected chi connectivity index (χ1v) is 11.8. The number of hydrogen-bond acceptors (Lipinski definition) is 6. The monoisotopic (exact) mass is 494 g/mol. The molecule has 34 heavy (non-hydrogen) atoms. The standard InChI is InChI=1S/C25H23ClN4O3S/c1-16-14-17(26)8-13-21(16)27-23(31)15-34-25-29-28-24(20-6-4-5-7-22(20)33-3)30(25)18-9-11-19(32-2)12-10-18/h4-14H,15H2,1-3H3,(H,27,31). The van der Waals surface area contributed by atoms with E-state index in [-0.39, 0.29) is 11.7 Å². The van der Waals surface area contributed by atoms with Crippen molar-refractivity contribution in [1.82, 2.24) is 14.8 Å². The SMILES string of the molecule is COc1ccc(-n2c(SCC(=O)Nc3ccc(Cl)cc3C)nnc2-c2ccccc2OC)cc1. The fourth-order valence-corrected chi connectivity index (χ4v) is 4.39. The third kappa shape index (κ3) is 5.18. The van der Waals surface area contributed by atoms with Crippen LogP contribution in [0.5, 0.6) is 11.5 Å². The van der Waals surface area contributed by atoms with Crippen molar-refractivity contribution in [3.05, 3.63) is 77.3 Å². The number of nitrogens with zero attached hydrogens (tertiary/aromatic N) is 3. The summed E-state index contributed by atoms with van der Waals surface area (Å²) in [5.74, 6) is 2.03. The number of halogens is 1. The van der Waals surface area contributed by atoms with Gasteiger partial charge in [0.25, 0.3) is 0 Å². The molecule has 4 aromatic rings. The lowest BCUT2D eigenvalue weighted by Gasteiger charge is -2.13. The predicted molar refractivity (Wildman–Crippen MR) is 135 cm³/mol. The van der Waals surface area contributed by atoms with Gasteiger partial charge in [-0.2, -0.15) is 0 Å². The Morgan fingerprint density at radius 2 is 1.79 bits per heavy atom. The molecular formula is C25H23ClN4O3S. The number of rotatable bonds is 8. The fourth-order valence-electron chi connectivity index (χ4n) is 3.42. The summed E-state index contributed by atoms with van der Waals surface area (Å²) in [4.78, 5) is 12.7. The van der Waals surface area contributed by atoms with Crippen molar-refractivity contribution >= 4 is 35.0 Å². The van der Waals surface area contributed by atoms with E-state index < -0.39 is 0 Å². The lowest BCUT2D eigenvalue weighted by atomic mass is 10.2. The van der Waals surface area contributed by atoms with E-state index in [1.165, 1.54) is 11.8 Å². The van der Waals surface area contributed by atoms with Crippen LogP contribution in [0.1, 0.15) is 5.56 Å². The van der Waals surface area contributed by atoms with Crippen LogP contribution in [0.25, 0.3) is 17.1 Å². The van der Waals surface area contributed by atoms with Crippen LogP contribution in [0.4, 0.5) is 5.69 Å². The van der Waals surface area contributed by atoms with Crippen LogP contribution >= 0.6 is 23.4 Å². The molecule has 0 unspecified atom stereocenters. The first-order valence-electron chi connectivity index (χ1n) is 10.4. The molecule has 0 aliphatic heterocycles. The average molecular weight is 495 g/mol. The van der Waals surface area contributed by atoms with Gasteiger partial charge in [0.2, 0.25) is 5.91 Å². The number of anilines is 1. The highest BCUT2D eigenvalue weighted by atomic mass is 35.5. The highest BCUT2D eigenvalue weighted by molar-refractivity contribution is 7.99. The summed E-state index contributed by atoms with van der Waals surface area (Å²) in [7, 11) is 3.24. The topological polar surface area (TPSA) is 78.3 Å². The van der Waals surface area contributed by atoms with E-state index >= 15 is 0 Å². The van der Waals surface area contributed by atoms with Crippen LogP contribution < -0.4 is 14.8 Å². The average Bonchev–Trinajstić information content (AvgIpc) is 3.28. The molecule has 0 atom stereocenters. The van der Waals surface area contributed by atoms with Gasteiger partial charge in [-0.1, -0.05) is 35.5 Å². The van der Waals surface area contributed by atoms with Crippen LogP contribution in [0.15, 0.2) is 71.9 Å². The van der Waals surface area contributed by atoms with Crippen LogP contribution in [0.3, 0.4) is 0 Å². The van der Waals surface area contributed by atoms with Gasteiger partial charge in [0.1, 0.15) is 11.5 Å². The molecule has 174 valence electrons. The van der Waals surface area contributed by atoms with Gasteiger partial charge in [-0.15, -0.1) is 10.2 Å². The Morgan fingerprint density at radius 1 is 1.03 bits per heavy atom. The number of hydrogen-bond donors (Lipinski definition) is 1. The van der Waals surface area contributed by atoms with E-state index in [2.05, 4.69) is 15.5 Å². The fraction of sp³-hybridized carbons (Fsp3) is 0.160. The molecule has 0 aliphatic carbocycles. The van der Waals surface area contributed by atoms with Gasteiger partial charge in [0.15, 0.2) is 11.0 Å². The van der Waals surface area contributed by atoms with Crippen molar-refractivity contribution in [3.63, 3.8) is 0 Å². The summed E-state index contributed by atoms with van der Waals surface area (Å²) in [6.07, 6.45) is 0. The Labute approximate surface area is 207 Å². The number of carbonyl (C=O) groups is 1. The Bertz CT molecular complexity index is 1310. The Hall–Kier alpha value is -3.49. The zero-order valence-corrected chi connectivity index (χ0v) is 20.5. The third-order valence-corrected chi connectivity index (χ3v) is 6.27. The summed E-state index contributed by atoms with van der Waals surface area (Å²) in [6, 6.07) is 20.5. The second-order valence-corrected chi connectivity index (χ2v) is 8.71. The molecule has 4 rings (SSSR count). The maximum absolute atomic E-state index is 12.7. The molecule has 1 aromatic heterocycles. The van der Waals surface area contributed by atoms with Crippen molar-refractivity contribution in [2.24, 2.45) is 0 Å². The normalized spacial score (nSPS) is 10.7. The summed E-state index contributed by atoms with van der Waals surface area (Å²) < 4.78 is 12.7. The molecule has 9 heteroatoms. The Kier molecular flexibility index (Phi) is 7.40. The Morgan fingerprint density at radius 3 is 2.50 bits per heavy atom. The van der Waals surface area contributed by atoms with Crippen molar-refractivity contribution in [2.45, 2.75) is 12.1 Å². The molecule has 7 nitrogen and oxygen atoms in total. The van der Waals surface area contributed by atoms with E-state index in [4.69, 9.17) is 21.1 Å². The molecule has 0 saturated heterocycles. The zero-order chi connectivity index (χ0) is 24.1.